The van der Waals surface area contributed by atoms with Crippen molar-refractivity contribution >= 4 is 0 Å². The maximum absolute atomic E-state index is 8.25. The summed E-state index contributed by atoms with van der Waals surface area (Å²) < 4.78 is 0. The van der Waals surface area contributed by atoms with Crippen LogP contribution in [-0.2, 0) is 0 Å². The van der Waals surface area contributed by atoms with Gasteiger partial charge in [-0.15, -0.1) is 0 Å². The maximum Gasteiger partial charge on any atom is 4.00 e. The Hall–Kier alpha value is -3.75. The molecule has 0 heterocycles. The Balaban J connectivity index is -0.0000000240. The van der Waals surface area contributed by atoms with Crippen molar-refractivity contribution in [2.24, 2.45) is 0 Å². The van der Waals surface area contributed by atoms with Gasteiger partial charge in [-0.3, -0.25) is 0 Å². The number of rotatable bonds is 0. The molecule has 192 valence electrons. The molecule has 0 fully saturated rings. The fourth-order valence-corrected chi connectivity index (χ4v) is 0. The first-order valence-electron chi connectivity index (χ1n) is 4.38. The van der Waals surface area contributed by atoms with Gasteiger partial charge < -0.3 is 123 Å². The van der Waals surface area contributed by atoms with Crippen LogP contribution in [0, 0.1) is 202 Å². The molecule has 0 bridgehead atoms. The van der Waals surface area contributed by atoms with Crippen molar-refractivity contribution in [2.75, 3.05) is 0 Å². The zero-order valence-corrected chi connectivity index (χ0v) is 22.6. The summed E-state index contributed by atoms with van der Waals surface area (Å²) in [4.78, 5) is 66.0. The fraction of sp³-hybridized carbons (Fsp3) is 0. The Morgan fingerprint density at radius 3 is 0.206 bits per heavy atom. The van der Waals surface area contributed by atoms with E-state index in [0.29, 0.717) is 0 Å². The predicted molar refractivity (Wildman–Crippen MR) is 82.9 cm³/mol. The molecular formula is N8O24Th2. The van der Waals surface area contributed by atoms with E-state index >= 15 is 0 Å². The van der Waals surface area contributed by atoms with E-state index < -0.39 is 40.7 Å². The smallest absolute Gasteiger partial charge is 0.356 e. The van der Waals surface area contributed by atoms with Crippen LogP contribution in [0.1, 0.15) is 0 Å². The van der Waals surface area contributed by atoms with Gasteiger partial charge >= 0.3 is 79.9 Å². The summed E-state index contributed by atoms with van der Waals surface area (Å²) in [6, 6.07) is 0. The van der Waals surface area contributed by atoms with Crippen molar-refractivity contribution in [1.82, 2.24) is 0 Å². The van der Waals surface area contributed by atoms with E-state index in [2.05, 4.69) is 0 Å². The van der Waals surface area contributed by atoms with Crippen molar-refractivity contribution in [3.05, 3.63) is 123 Å². The third kappa shape index (κ3) is 1490. The van der Waals surface area contributed by atoms with E-state index in [4.69, 9.17) is 123 Å². The minimum atomic E-state index is -1.75. The number of hydrogen-bond acceptors (Lipinski definition) is 24. The van der Waals surface area contributed by atoms with E-state index in [1.807, 2.05) is 0 Å². The molecule has 0 rings (SSSR count). The van der Waals surface area contributed by atoms with Crippen LogP contribution in [0.4, 0.5) is 0 Å². The van der Waals surface area contributed by atoms with Crippen LogP contribution >= 0.6 is 0 Å². The fourth-order valence-electron chi connectivity index (χ4n) is 0. The second-order valence-electron chi connectivity index (χ2n) is 1.79. The molecule has 0 aromatic rings. The first kappa shape index (κ1) is 63.1. The molecule has 0 aliphatic heterocycles. The summed E-state index contributed by atoms with van der Waals surface area (Å²) in [7, 11) is 0. The predicted octanol–water partition coefficient (Wildman–Crippen LogP) is -1.91. The topological polar surface area (TPSA) is 530 Å². The van der Waals surface area contributed by atoms with Crippen LogP contribution in [0.2, 0.25) is 0 Å². The van der Waals surface area contributed by atoms with Crippen molar-refractivity contribution in [3.63, 3.8) is 0 Å². The minimum absolute atomic E-state index is 0. The maximum atomic E-state index is 8.25. The summed E-state index contributed by atoms with van der Waals surface area (Å²) in [6.45, 7) is 0. The van der Waals surface area contributed by atoms with Gasteiger partial charge in [0, 0.05) is 0 Å². The van der Waals surface area contributed by atoms with E-state index in [1.165, 1.54) is 0 Å². The van der Waals surface area contributed by atoms with Gasteiger partial charge in [0.2, 0.25) is 0 Å². The molecule has 34 heavy (non-hydrogen) atoms. The normalized spacial score (nSPS) is 5.65. The molecule has 32 nitrogen and oxygen atoms in total. The van der Waals surface area contributed by atoms with Gasteiger partial charge in [-0.25, -0.2) is 0 Å². The molecule has 0 aromatic heterocycles. The SMILES string of the molecule is O=[N+]([O-])[O-].O=[N+]([O-])[O-].O=[N+]([O-])[O-].O=[N+]([O-])[O-].O=[N+]([O-])[O-].O=[N+]([O-])[O-].O=[N+]([O-])[O-].O=[N+]([O-])[O-].[Th+4].[Th+4]. The van der Waals surface area contributed by atoms with Crippen LogP contribution in [0.15, 0.2) is 0 Å². The Kier molecular flexibility index (Phi) is 106. The molecule has 0 unspecified atom stereocenters. The molecule has 0 radical (unpaired) electrons. The summed E-state index contributed by atoms with van der Waals surface area (Å²) >= 11 is 0. The summed E-state index contributed by atoms with van der Waals surface area (Å²) in [5.41, 5.74) is 0. The van der Waals surface area contributed by atoms with Crippen molar-refractivity contribution in [2.45, 2.75) is 0 Å². The van der Waals surface area contributed by atoms with Crippen LogP contribution < -0.4 is 0 Å². The first-order valence-corrected chi connectivity index (χ1v) is 4.38. The van der Waals surface area contributed by atoms with Gasteiger partial charge in [-0.05, 0) is 0 Å². The summed E-state index contributed by atoms with van der Waals surface area (Å²) in [5.74, 6) is 0. The van der Waals surface area contributed by atoms with Gasteiger partial charge in [-0.2, -0.15) is 0 Å². The van der Waals surface area contributed by atoms with Gasteiger partial charge in [0.15, 0.2) is 0 Å². The standard InChI is InChI=1S/8NO3.2Th/c8*2-1(3)4;;/q8*-1;2*+4. The average Bonchev–Trinajstić information content (AvgIpc) is 2.30. The molecule has 0 amide bonds. The molecular weight excluding hydrogens is 960 g/mol. The van der Waals surface area contributed by atoms with E-state index in [0.717, 1.165) is 0 Å². The molecule has 0 saturated carbocycles. The monoisotopic (exact) mass is 960 g/mol. The Bertz CT molecular complexity index is 365. The second kappa shape index (κ2) is 56.9. The third-order valence-electron chi connectivity index (χ3n) is 0. The molecule has 0 spiro atoms. The molecule has 34 heteroatoms. The quantitative estimate of drug-likeness (QED) is 0.189. The van der Waals surface area contributed by atoms with Crippen LogP contribution in [-0.4, -0.2) is 40.7 Å². The second-order valence-corrected chi connectivity index (χ2v) is 1.79. The Labute approximate surface area is 241 Å². The summed E-state index contributed by atoms with van der Waals surface area (Å²) in [6.07, 6.45) is 0. The average molecular weight is 960 g/mol. The van der Waals surface area contributed by atoms with E-state index in [1.54, 1.807) is 0 Å². The van der Waals surface area contributed by atoms with Crippen LogP contribution in [0.5, 0.6) is 0 Å². The van der Waals surface area contributed by atoms with Gasteiger partial charge in [0.05, 0.1) is 40.7 Å². The van der Waals surface area contributed by atoms with E-state index in [9.17, 15) is 0 Å². The largest absolute Gasteiger partial charge is 4.00 e. The zero-order valence-electron chi connectivity index (χ0n) is 14.4. The van der Waals surface area contributed by atoms with Crippen LogP contribution in [0.3, 0.4) is 0 Å². The minimum Gasteiger partial charge on any atom is -0.356 e. The van der Waals surface area contributed by atoms with Gasteiger partial charge in [0.25, 0.3) is 0 Å². The van der Waals surface area contributed by atoms with Gasteiger partial charge in [0.1, 0.15) is 0 Å². The molecule has 0 saturated heterocycles. The molecule has 0 aliphatic carbocycles. The molecule has 0 aromatic carbocycles. The summed E-state index contributed by atoms with van der Waals surface area (Å²) in [5, 5.41) is 118. The van der Waals surface area contributed by atoms with Crippen LogP contribution in [0.25, 0.3) is 0 Å². The van der Waals surface area contributed by atoms with E-state index in [-0.39, 0.29) is 79.9 Å². The van der Waals surface area contributed by atoms with Crippen molar-refractivity contribution in [3.8, 4) is 0 Å². The van der Waals surface area contributed by atoms with Gasteiger partial charge in [-0.1, -0.05) is 0 Å². The van der Waals surface area contributed by atoms with Crippen molar-refractivity contribution in [1.29, 1.82) is 0 Å². The molecule has 0 aliphatic rings. The Morgan fingerprint density at radius 1 is 0.206 bits per heavy atom. The number of nitrogens with zero attached hydrogens (tertiary/aromatic N) is 8. The third-order valence-corrected chi connectivity index (χ3v) is 0. The zero-order chi connectivity index (χ0) is 28.6. The molecule has 0 N–H and O–H groups in total. The Morgan fingerprint density at radius 2 is 0.206 bits per heavy atom. The molecule has 0 atom stereocenters. The first-order chi connectivity index (χ1) is 13.9. The number of hydrogen-bond donors (Lipinski definition) is 0. The van der Waals surface area contributed by atoms with Crippen molar-refractivity contribution < 1.29 is 121 Å².